The average molecular weight is 255 g/mol. The highest BCUT2D eigenvalue weighted by Crippen LogP contribution is 2.36. The molecule has 0 unspecified atom stereocenters. The lowest BCUT2D eigenvalue weighted by atomic mass is 10.3. The Kier molecular flexibility index (Phi) is 4.79. The molecule has 7 heteroatoms. The van der Waals surface area contributed by atoms with E-state index in [1.54, 1.807) is 12.1 Å². The number of hydrogen-bond acceptors (Lipinski definition) is 5. The molecule has 0 saturated heterocycles. The first-order valence-corrected chi connectivity index (χ1v) is 4.97. The fourth-order valence-electron chi connectivity index (χ4n) is 1.22. The minimum atomic E-state index is -1.16. The van der Waals surface area contributed by atoms with Gasteiger partial charge in [-0.1, -0.05) is 6.07 Å². The Morgan fingerprint density at radius 2 is 1.89 bits per heavy atom. The van der Waals surface area contributed by atoms with Crippen molar-refractivity contribution in [3.8, 4) is 17.2 Å². The van der Waals surface area contributed by atoms with Crippen molar-refractivity contribution in [2.24, 2.45) is 0 Å². The van der Waals surface area contributed by atoms with E-state index in [9.17, 15) is 9.59 Å². The second-order valence-electron chi connectivity index (χ2n) is 3.13. The Hall–Kier alpha value is -2.44. The van der Waals surface area contributed by atoms with E-state index in [0.717, 1.165) is 0 Å². The summed E-state index contributed by atoms with van der Waals surface area (Å²) < 4.78 is 15.0. The predicted molar refractivity (Wildman–Crippen MR) is 61.2 cm³/mol. The highest BCUT2D eigenvalue weighted by Gasteiger charge is 2.14. The highest BCUT2D eigenvalue weighted by atomic mass is 16.6. The van der Waals surface area contributed by atoms with Gasteiger partial charge >= 0.3 is 12.1 Å². The molecule has 1 amide bonds. The van der Waals surface area contributed by atoms with Crippen molar-refractivity contribution in [2.45, 2.75) is 0 Å². The van der Waals surface area contributed by atoms with E-state index in [0.29, 0.717) is 5.75 Å². The van der Waals surface area contributed by atoms with Gasteiger partial charge in [-0.25, -0.2) is 4.79 Å². The van der Waals surface area contributed by atoms with Crippen molar-refractivity contribution in [1.29, 1.82) is 0 Å². The van der Waals surface area contributed by atoms with Crippen molar-refractivity contribution in [3.05, 3.63) is 18.2 Å². The zero-order valence-electron chi connectivity index (χ0n) is 9.93. The lowest BCUT2D eigenvalue weighted by Gasteiger charge is -2.12. The van der Waals surface area contributed by atoms with Gasteiger partial charge in [-0.3, -0.25) is 4.79 Å². The van der Waals surface area contributed by atoms with E-state index in [2.05, 4.69) is 5.32 Å². The number of ether oxygens (including phenoxy) is 3. The van der Waals surface area contributed by atoms with E-state index < -0.39 is 18.6 Å². The minimum Gasteiger partial charge on any atom is -0.493 e. The molecule has 0 aliphatic carbocycles. The van der Waals surface area contributed by atoms with Crippen LogP contribution < -0.4 is 19.5 Å². The maximum absolute atomic E-state index is 11.3. The van der Waals surface area contributed by atoms with Crippen molar-refractivity contribution < 1.29 is 28.9 Å². The first kappa shape index (κ1) is 13.6. The number of amides is 1. The molecule has 0 spiro atoms. The molecule has 0 fully saturated rings. The summed E-state index contributed by atoms with van der Waals surface area (Å²) >= 11 is 0. The zero-order chi connectivity index (χ0) is 13.5. The number of nitrogens with one attached hydrogen (secondary N) is 1. The Balaban J connectivity index is 2.77. The van der Waals surface area contributed by atoms with Gasteiger partial charge in [-0.2, -0.15) is 0 Å². The largest absolute Gasteiger partial charge is 0.493 e. The van der Waals surface area contributed by atoms with Crippen LogP contribution in [0.15, 0.2) is 18.2 Å². The molecule has 98 valence electrons. The SMILES string of the molecule is COc1cccc(OC(=O)NCC(=O)O)c1OC. The molecule has 1 aromatic rings. The smallest absolute Gasteiger partial charge is 0.413 e. The standard InChI is InChI=1S/C11H13NO6/c1-16-7-4-3-5-8(10(7)17-2)18-11(15)12-6-9(13)14/h3-5H,6H2,1-2H3,(H,12,15)(H,13,14). The van der Waals surface area contributed by atoms with Crippen LogP contribution in [-0.2, 0) is 4.79 Å². The molecule has 0 atom stereocenters. The van der Waals surface area contributed by atoms with Crippen LogP contribution in [0.4, 0.5) is 4.79 Å². The third-order valence-electron chi connectivity index (χ3n) is 1.95. The zero-order valence-corrected chi connectivity index (χ0v) is 9.93. The quantitative estimate of drug-likeness (QED) is 0.811. The van der Waals surface area contributed by atoms with E-state index in [4.69, 9.17) is 19.3 Å². The average Bonchev–Trinajstić information content (AvgIpc) is 2.36. The summed E-state index contributed by atoms with van der Waals surface area (Å²) in [5, 5.41) is 10.5. The van der Waals surface area contributed by atoms with E-state index in [1.807, 2.05) is 0 Å². The predicted octanol–water partition coefficient (Wildman–Crippen LogP) is 0.877. The summed E-state index contributed by atoms with van der Waals surface area (Å²) in [5.41, 5.74) is 0. The summed E-state index contributed by atoms with van der Waals surface area (Å²) in [7, 11) is 2.85. The van der Waals surface area contributed by atoms with Gasteiger partial charge in [0.25, 0.3) is 0 Å². The van der Waals surface area contributed by atoms with Crippen molar-refractivity contribution in [2.75, 3.05) is 20.8 Å². The van der Waals surface area contributed by atoms with Crippen LogP contribution in [0.2, 0.25) is 0 Å². The molecule has 0 saturated carbocycles. The maximum Gasteiger partial charge on any atom is 0.413 e. The molecular weight excluding hydrogens is 242 g/mol. The molecule has 0 radical (unpaired) electrons. The summed E-state index contributed by atoms with van der Waals surface area (Å²) in [6.07, 6.45) is -0.885. The second kappa shape index (κ2) is 6.33. The molecule has 18 heavy (non-hydrogen) atoms. The number of methoxy groups -OCH3 is 2. The van der Waals surface area contributed by atoms with Crippen LogP contribution in [-0.4, -0.2) is 37.9 Å². The van der Waals surface area contributed by atoms with Crippen molar-refractivity contribution >= 4 is 12.1 Å². The first-order valence-electron chi connectivity index (χ1n) is 4.97. The monoisotopic (exact) mass is 255 g/mol. The molecule has 0 bridgehead atoms. The van der Waals surface area contributed by atoms with E-state index in [1.165, 1.54) is 20.3 Å². The Morgan fingerprint density at radius 3 is 2.44 bits per heavy atom. The number of carboxylic acids is 1. The lowest BCUT2D eigenvalue weighted by molar-refractivity contribution is -0.135. The molecule has 1 aromatic carbocycles. The van der Waals surface area contributed by atoms with Gasteiger partial charge in [0, 0.05) is 0 Å². The summed E-state index contributed by atoms with van der Waals surface area (Å²) in [6.45, 7) is -0.523. The van der Waals surface area contributed by atoms with Gasteiger partial charge in [0.05, 0.1) is 14.2 Å². The third kappa shape index (κ3) is 3.55. The number of carboxylic acid groups (broad SMARTS) is 1. The van der Waals surface area contributed by atoms with Crippen LogP contribution in [0.1, 0.15) is 0 Å². The van der Waals surface area contributed by atoms with Gasteiger partial charge in [0.1, 0.15) is 6.54 Å². The van der Waals surface area contributed by atoms with Crippen LogP contribution >= 0.6 is 0 Å². The van der Waals surface area contributed by atoms with E-state index >= 15 is 0 Å². The Morgan fingerprint density at radius 1 is 1.22 bits per heavy atom. The lowest BCUT2D eigenvalue weighted by Crippen LogP contribution is -2.31. The summed E-state index contributed by atoms with van der Waals surface area (Å²) in [4.78, 5) is 21.6. The molecule has 0 aliphatic heterocycles. The number of carbonyl (C=O) groups excluding carboxylic acids is 1. The Labute approximate surface area is 103 Å². The molecule has 1 rings (SSSR count). The van der Waals surface area contributed by atoms with E-state index in [-0.39, 0.29) is 11.5 Å². The van der Waals surface area contributed by atoms with Crippen LogP contribution in [0, 0.1) is 0 Å². The summed E-state index contributed by atoms with van der Waals surface area (Å²) in [5.74, 6) is -0.365. The first-order chi connectivity index (χ1) is 8.58. The third-order valence-corrected chi connectivity index (χ3v) is 1.95. The van der Waals surface area contributed by atoms with Gasteiger partial charge in [-0.05, 0) is 12.1 Å². The fourth-order valence-corrected chi connectivity index (χ4v) is 1.22. The topological polar surface area (TPSA) is 94.1 Å². The van der Waals surface area contributed by atoms with Crippen LogP contribution in [0.25, 0.3) is 0 Å². The maximum atomic E-state index is 11.3. The van der Waals surface area contributed by atoms with Gasteiger partial charge in [0.2, 0.25) is 5.75 Å². The van der Waals surface area contributed by atoms with Crippen LogP contribution in [0.5, 0.6) is 17.2 Å². The van der Waals surface area contributed by atoms with Gasteiger partial charge < -0.3 is 24.6 Å². The number of benzene rings is 1. The molecule has 7 nitrogen and oxygen atoms in total. The molecule has 0 aliphatic rings. The second-order valence-corrected chi connectivity index (χ2v) is 3.13. The number of hydrogen-bond donors (Lipinski definition) is 2. The van der Waals surface area contributed by atoms with Crippen molar-refractivity contribution in [1.82, 2.24) is 5.32 Å². The fraction of sp³-hybridized carbons (Fsp3) is 0.273. The number of para-hydroxylation sites is 1. The highest BCUT2D eigenvalue weighted by molar-refractivity contribution is 5.78. The summed E-state index contributed by atoms with van der Waals surface area (Å²) in [6, 6.07) is 4.75. The number of rotatable bonds is 5. The number of aliphatic carboxylic acids is 1. The van der Waals surface area contributed by atoms with Crippen LogP contribution in [0.3, 0.4) is 0 Å². The van der Waals surface area contributed by atoms with Gasteiger partial charge in [-0.15, -0.1) is 0 Å². The molecular formula is C11H13NO6. The number of carbonyl (C=O) groups is 2. The molecule has 2 N–H and O–H groups in total. The van der Waals surface area contributed by atoms with Crippen molar-refractivity contribution in [3.63, 3.8) is 0 Å². The Bertz CT molecular complexity index is 445. The minimum absolute atomic E-state index is 0.139. The van der Waals surface area contributed by atoms with Gasteiger partial charge in [0.15, 0.2) is 11.5 Å². The molecule has 0 aromatic heterocycles. The molecule has 0 heterocycles. The normalized spacial score (nSPS) is 9.44.